The Hall–Kier alpha value is -2.21. The topological polar surface area (TPSA) is 50.2 Å². The molecule has 3 heterocycles. The summed E-state index contributed by atoms with van der Waals surface area (Å²) in [5.41, 5.74) is 1.42. The Morgan fingerprint density at radius 3 is 2.96 bits per heavy atom. The van der Waals surface area contributed by atoms with Gasteiger partial charge < -0.3 is 14.8 Å². The van der Waals surface area contributed by atoms with Crippen molar-refractivity contribution in [2.75, 3.05) is 11.4 Å². The predicted octanol–water partition coefficient (Wildman–Crippen LogP) is 2.43. The number of anilines is 1. The van der Waals surface area contributed by atoms with Crippen molar-refractivity contribution in [1.82, 2.24) is 14.9 Å². The SMILES string of the molecule is Cc1cn2c(n1)CC[C@H](N[C@@H]1CCCN(c3ccccc3F)C1=O)C2. The number of benzene rings is 1. The highest BCUT2D eigenvalue weighted by molar-refractivity contribution is 5.98. The van der Waals surface area contributed by atoms with Gasteiger partial charge in [0.05, 0.1) is 17.4 Å². The molecule has 1 aromatic heterocycles. The maximum atomic E-state index is 14.1. The van der Waals surface area contributed by atoms with Crippen molar-refractivity contribution in [2.45, 2.75) is 51.2 Å². The Bertz CT molecular complexity index is 787. The third-order valence-corrected chi connectivity index (χ3v) is 5.13. The summed E-state index contributed by atoms with van der Waals surface area (Å²) in [5.74, 6) is 0.759. The van der Waals surface area contributed by atoms with Crippen LogP contribution in [0.15, 0.2) is 30.5 Å². The third kappa shape index (κ3) is 3.18. The molecule has 1 amide bonds. The van der Waals surface area contributed by atoms with Crippen LogP contribution in [0.5, 0.6) is 0 Å². The van der Waals surface area contributed by atoms with Crippen molar-refractivity contribution in [3.05, 3.63) is 47.8 Å². The zero-order chi connectivity index (χ0) is 17.4. The summed E-state index contributed by atoms with van der Waals surface area (Å²) in [5, 5.41) is 3.51. The number of hydrogen-bond acceptors (Lipinski definition) is 3. The van der Waals surface area contributed by atoms with Crippen LogP contribution < -0.4 is 10.2 Å². The minimum Gasteiger partial charge on any atom is -0.333 e. The van der Waals surface area contributed by atoms with Gasteiger partial charge in [-0.3, -0.25) is 4.79 Å². The first-order valence-corrected chi connectivity index (χ1v) is 8.96. The van der Waals surface area contributed by atoms with Crippen LogP contribution in [0.25, 0.3) is 0 Å². The normalized spacial score (nSPS) is 23.6. The van der Waals surface area contributed by atoms with Crippen LogP contribution in [0.3, 0.4) is 0 Å². The average molecular weight is 342 g/mol. The van der Waals surface area contributed by atoms with E-state index in [0.717, 1.165) is 43.7 Å². The van der Waals surface area contributed by atoms with E-state index in [1.807, 2.05) is 6.92 Å². The lowest BCUT2D eigenvalue weighted by Crippen LogP contribution is -2.55. The fourth-order valence-corrected chi connectivity index (χ4v) is 3.95. The molecule has 4 rings (SSSR count). The molecule has 0 unspecified atom stereocenters. The number of imidazole rings is 1. The highest BCUT2D eigenvalue weighted by Crippen LogP contribution is 2.25. The zero-order valence-corrected chi connectivity index (χ0v) is 14.4. The second kappa shape index (κ2) is 6.59. The summed E-state index contributed by atoms with van der Waals surface area (Å²) >= 11 is 0. The van der Waals surface area contributed by atoms with Crippen molar-refractivity contribution in [3.8, 4) is 0 Å². The lowest BCUT2D eigenvalue weighted by Gasteiger charge is -2.36. The number of carbonyl (C=O) groups is 1. The van der Waals surface area contributed by atoms with Gasteiger partial charge in [0, 0.05) is 31.7 Å². The van der Waals surface area contributed by atoms with Gasteiger partial charge in [0.15, 0.2) is 0 Å². The van der Waals surface area contributed by atoms with E-state index in [2.05, 4.69) is 21.1 Å². The second-order valence-electron chi connectivity index (χ2n) is 6.99. The van der Waals surface area contributed by atoms with E-state index in [1.165, 1.54) is 6.07 Å². The molecule has 1 aromatic carbocycles. The number of aryl methyl sites for hydroxylation is 2. The van der Waals surface area contributed by atoms with E-state index in [1.54, 1.807) is 23.1 Å². The lowest BCUT2D eigenvalue weighted by atomic mass is 10.00. The zero-order valence-electron chi connectivity index (χ0n) is 14.4. The third-order valence-electron chi connectivity index (χ3n) is 5.13. The van der Waals surface area contributed by atoms with Crippen LogP contribution in [-0.4, -0.2) is 34.1 Å². The number of amides is 1. The molecule has 5 nitrogen and oxygen atoms in total. The Kier molecular flexibility index (Phi) is 4.29. The molecular weight excluding hydrogens is 319 g/mol. The van der Waals surface area contributed by atoms with Gasteiger partial charge in [-0.2, -0.15) is 0 Å². The van der Waals surface area contributed by atoms with Gasteiger partial charge >= 0.3 is 0 Å². The summed E-state index contributed by atoms with van der Waals surface area (Å²) in [4.78, 5) is 19.0. The fourth-order valence-electron chi connectivity index (χ4n) is 3.95. The first-order chi connectivity index (χ1) is 12.1. The van der Waals surface area contributed by atoms with E-state index in [9.17, 15) is 9.18 Å². The first kappa shape index (κ1) is 16.3. The molecule has 0 bridgehead atoms. The van der Waals surface area contributed by atoms with Crippen molar-refractivity contribution in [3.63, 3.8) is 0 Å². The fraction of sp³-hybridized carbons (Fsp3) is 0.474. The number of aromatic nitrogens is 2. The van der Waals surface area contributed by atoms with Gasteiger partial charge in [0.25, 0.3) is 0 Å². The smallest absolute Gasteiger partial charge is 0.244 e. The van der Waals surface area contributed by atoms with Crippen molar-refractivity contribution >= 4 is 11.6 Å². The van der Waals surface area contributed by atoms with Crippen LogP contribution in [0, 0.1) is 12.7 Å². The van der Waals surface area contributed by atoms with Crippen LogP contribution in [-0.2, 0) is 17.8 Å². The molecule has 2 aromatic rings. The van der Waals surface area contributed by atoms with E-state index in [-0.39, 0.29) is 23.8 Å². The van der Waals surface area contributed by atoms with Gasteiger partial charge in [0.1, 0.15) is 11.6 Å². The van der Waals surface area contributed by atoms with Gasteiger partial charge in [-0.05, 0) is 38.3 Å². The highest BCUT2D eigenvalue weighted by Gasteiger charge is 2.33. The van der Waals surface area contributed by atoms with Crippen molar-refractivity contribution in [1.29, 1.82) is 0 Å². The standard InChI is InChI=1S/C19H23FN4O/c1-13-11-23-12-14(8-9-18(23)21-13)22-16-6-4-10-24(19(16)25)17-7-3-2-5-15(17)20/h2-3,5,7,11,14,16,22H,4,6,8-10,12H2,1H3/t14-,16+/m0/s1. The quantitative estimate of drug-likeness (QED) is 0.932. The number of fused-ring (bicyclic) bond motifs is 1. The molecule has 0 aliphatic carbocycles. The van der Waals surface area contributed by atoms with Gasteiger partial charge in [-0.15, -0.1) is 0 Å². The molecule has 0 saturated carbocycles. The summed E-state index contributed by atoms with van der Waals surface area (Å²) in [6.07, 6.45) is 5.64. The number of para-hydroxylation sites is 1. The van der Waals surface area contributed by atoms with Gasteiger partial charge in [-0.1, -0.05) is 12.1 Å². The highest BCUT2D eigenvalue weighted by atomic mass is 19.1. The minimum atomic E-state index is -0.340. The second-order valence-corrected chi connectivity index (χ2v) is 6.99. The maximum absolute atomic E-state index is 14.1. The van der Waals surface area contributed by atoms with Crippen LogP contribution in [0.4, 0.5) is 10.1 Å². The van der Waals surface area contributed by atoms with E-state index < -0.39 is 0 Å². The molecule has 1 N–H and O–H groups in total. The largest absolute Gasteiger partial charge is 0.333 e. The Morgan fingerprint density at radius 2 is 2.12 bits per heavy atom. The number of rotatable bonds is 3. The number of piperidine rings is 1. The summed E-state index contributed by atoms with van der Waals surface area (Å²) in [6, 6.07) is 6.50. The first-order valence-electron chi connectivity index (χ1n) is 8.96. The van der Waals surface area contributed by atoms with Gasteiger partial charge in [0.2, 0.25) is 5.91 Å². The molecule has 1 saturated heterocycles. The summed E-state index contributed by atoms with van der Waals surface area (Å²) < 4.78 is 16.3. The lowest BCUT2D eigenvalue weighted by molar-refractivity contribution is -0.122. The van der Waals surface area contributed by atoms with Crippen molar-refractivity contribution < 1.29 is 9.18 Å². The Balaban J connectivity index is 1.46. The number of nitrogens with one attached hydrogen (secondary N) is 1. The number of halogens is 1. The van der Waals surface area contributed by atoms with E-state index in [0.29, 0.717) is 12.2 Å². The van der Waals surface area contributed by atoms with E-state index >= 15 is 0 Å². The molecule has 0 radical (unpaired) electrons. The predicted molar refractivity (Wildman–Crippen MR) is 94.0 cm³/mol. The maximum Gasteiger partial charge on any atom is 0.244 e. The van der Waals surface area contributed by atoms with Crippen LogP contribution in [0.1, 0.15) is 30.8 Å². The summed E-state index contributed by atoms with van der Waals surface area (Å²) in [6.45, 7) is 3.41. The molecular formula is C19H23FN4O. The monoisotopic (exact) mass is 342 g/mol. The number of hydrogen-bond donors (Lipinski definition) is 1. The van der Waals surface area contributed by atoms with Crippen molar-refractivity contribution in [2.24, 2.45) is 0 Å². The Morgan fingerprint density at radius 1 is 1.28 bits per heavy atom. The molecule has 2 aliphatic rings. The Labute approximate surface area is 146 Å². The van der Waals surface area contributed by atoms with Gasteiger partial charge in [-0.25, -0.2) is 9.37 Å². The molecule has 6 heteroatoms. The number of nitrogens with zero attached hydrogens (tertiary/aromatic N) is 3. The molecule has 132 valence electrons. The summed E-state index contributed by atoms with van der Waals surface area (Å²) in [7, 11) is 0. The average Bonchev–Trinajstić information content (AvgIpc) is 2.97. The number of carbonyl (C=O) groups excluding carboxylic acids is 1. The van der Waals surface area contributed by atoms with Crippen LogP contribution in [0.2, 0.25) is 0 Å². The van der Waals surface area contributed by atoms with Crippen LogP contribution >= 0.6 is 0 Å². The molecule has 0 spiro atoms. The molecule has 2 atom stereocenters. The van der Waals surface area contributed by atoms with E-state index in [4.69, 9.17) is 0 Å². The minimum absolute atomic E-state index is 0.0241. The molecule has 2 aliphatic heterocycles. The molecule has 1 fully saturated rings. The molecule has 25 heavy (non-hydrogen) atoms.